The maximum Gasteiger partial charge on any atom is 0.185 e. The lowest BCUT2D eigenvalue weighted by atomic mass is 10.0. The van der Waals surface area contributed by atoms with Crippen LogP contribution in [0.2, 0.25) is 0 Å². The third-order valence-electron chi connectivity index (χ3n) is 3.92. The van der Waals surface area contributed by atoms with Gasteiger partial charge < -0.3 is 5.11 Å². The molecule has 0 radical (unpaired) electrons. The molecule has 0 spiro atoms. The smallest absolute Gasteiger partial charge is 0.185 e. The third-order valence-corrected chi connectivity index (χ3v) is 3.92. The SMILES string of the molecule is Cc1cc[n+](C(CO)Cc2ccccc2)c(C)c1C. The summed E-state index contributed by atoms with van der Waals surface area (Å²) in [6, 6.07) is 12.5. The van der Waals surface area contributed by atoms with Gasteiger partial charge in [-0.2, -0.15) is 4.57 Å². The summed E-state index contributed by atoms with van der Waals surface area (Å²) in [5.41, 5.74) is 5.08. The Kier molecular flexibility index (Phi) is 4.33. The van der Waals surface area contributed by atoms with Gasteiger partial charge in [0.2, 0.25) is 0 Å². The summed E-state index contributed by atoms with van der Waals surface area (Å²) in [5.74, 6) is 0. The van der Waals surface area contributed by atoms with E-state index in [2.05, 4.69) is 49.7 Å². The molecule has 1 aromatic carbocycles. The predicted octanol–water partition coefficient (Wildman–Crippen LogP) is 2.68. The number of aryl methyl sites for hydroxylation is 1. The highest BCUT2D eigenvalue weighted by Gasteiger charge is 2.22. The zero-order valence-electron chi connectivity index (χ0n) is 11.9. The van der Waals surface area contributed by atoms with E-state index in [1.54, 1.807) is 0 Å². The van der Waals surface area contributed by atoms with E-state index < -0.39 is 0 Å². The third kappa shape index (κ3) is 3.02. The lowest BCUT2D eigenvalue weighted by Crippen LogP contribution is -2.45. The van der Waals surface area contributed by atoms with Gasteiger partial charge in [0.15, 0.2) is 17.9 Å². The first-order valence-corrected chi connectivity index (χ1v) is 6.76. The van der Waals surface area contributed by atoms with Gasteiger partial charge in [-0.05, 0) is 25.0 Å². The van der Waals surface area contributed by atoms with Crippen LogP contribution >= 0.6 is 0 Å². The van der Waals surface area contributed by atoms with Crippen molar-refractivity contribution in [3.8, 4) is 0 Å². The van der Waals surface area contributed by atoms with E-state index in [-0.39, 0.29) is 12.6 Å². The highest BCUT2D eigenvalue weighted by molar-refractivity contribution is 5.23. The van der Waals surface area contributed by atoms with Crippen LogP contribution < -0.4 is 4.57 Å². The molecule has 0 aliphatic carbocycles. The van der Waals surface area contributed by atoms with Gasteiger partial charge in [-0.15, -0.1) is 0 Å². The lowest BCUT2D eigenvalue weighted by Gasteiger charge is -2.14. The van der Waals surface area contributed by atoms with Crippen LogP contribution in [0, 0.1) is 20.8 Å². The molecule has 0 fully saturated rings. The molecule has 2 rings (SSSR count). The van der Waals surface area contributed by atoms with Crippen molar-refractivity contribution in [3.63, 3.8) is 0 Å². The quantitative estimate of drug-likeness (QED) is 0.836. The largest absolute Gasteiger partial charge is 0.389 e. The standard InChI is InChI=1S/C17H22NO/c1-13-9-10-18(15(3)14(13)2)17(12-19)11-16-7-5-4-6-8-16/h4-10,17,19H,11-12H2,1-3H3/q+1. The van der Waals surface area contributed by atoms with Crippen molar-refractivity contribution in [1.29, 1.82) is 0 Å². The number of hydrogen-bond acceptors (Lipinski definition) is 1. The van der Waals surface area contributed by atoms with E-state index in [1.165, 1.54) is 22.4 Å². The number of rotatable bonds is 4. The number of aliphatic hydroxyl groups is 1. The van der Waals surface area contributed by atoms with Gasteiger partial charge in [0.05, 0.1) is 0 Å². The Hall–Kier alpha value is -1.67. The average Bonchev–Trinajstić information content (AvgIpc) is 2.44. The van der Waals surface area contributed by atoms with E-state index in [1.807, 2.05) is 18.2 Å². The Morgan fingerprint density at radius 3 is 2.37 bits per heavy atom. The van der Waals surface area contributed by atoms with Gasteiger partial charge in [-0.25, -0.2) is 0 Å². The van der Waals surface area contributed by atoms with Crippen molar-refractivity contribution in [2.45, 2.75) is 33.2 Å². The predicted molar refractivity (Wildman–Crippen MR) is 77.1 cm³/mol. The second kappa shape index (κ2) is 5.98. The first-order chi connectivity index (χ1) is 9.13. The number of hydrogen-bond donors (Lipinski definition) is 1. The molecule has 0 amide bonds. The maximum atomic E-state index is 9.70. The van der Waals surface area contributed by atoms with Crippen LogP contribution in [0.25, 0.3) is 0 Å². The minimum absolute atomic E-state index is 0.0988. The molecule has 1 unspecified atom stereocenters. The Balaban J connectivity index is 2.30. The second-order valence-corrected chi connectivity index (χ2v) is 5.14. The molecule has 0 aliphatic rings. The summed E-state index contributed by atoms with van der Waals surface area (Å²) in [7, 11) is 0. The van der Waals surface area contributed by atoms with E-state index >= 15 is 0 Å². The van der Waals surface area contributed by atoms with Crippen molar-refractivity contribution in [1.82, 2.24) is 0 Å². The van der Waals surface area contributed by atoms with Crippen LogP contribution in [0.3, 0.4) is 0 Å². The van der Waals surface area contributed by atoms with Crippen molar-refractivity contribution in [2.75, 3.05) is 6.61 Å². The van der Waals surface area contributed by atoms with Crippen LogP contribution in [0.5, 0.6) is 0 Å². The van der Waals surface area contributed by atoms with Crippen molar-refractivity contribution >= 4 is 0 Å². The molecule has 1 N–H and O–H groups in total. The topological polar surface area (TPSA) is 24.1 Å². The van der Waals surface area contributed by atoms with Crippen molar-refractivity contribution < 1.29 is 9.67 Å². The minimum atomic E-state index is 0.0988. The molecule has 0 aliphatic heterocycles. The molecule has 0 bridgehead atoms. The van der Waals surface area contributed by atoms with Gasteiger partial charge in [0.25, 0.3) is 0 Å². The molecule has 1 atom stereocenters. The fraction of sp³-hybridized carbons (Fsp3) is 0.353. The molecule has 100 valence electrons. The zero-order chi connectivity index (χ0) is 13.8. The molecular weight excluding hydrogens is 234 g/mol. The average molecular weight is 256 g/mol. The molecule has 0 saturated heterocycles. The highest BCUT2D eigenvalue weighted by atomic mass is 16.3. The highest BCUT2D eigenvalue weighted by Crippen LogP contribution is 2.13. The van der Waals surface area contributed by atoms with Gasteiger partial charge in [-0.1, -0.05) is 30.3 Å². The van der Waals surface area contributed by atoms with Crippen LogP contribution in [0.4, 0.5) is 0 Å². The van der Waals surface area contributed by atoms with E-state index in [4.69, 9.17) is 0 Å². The number of nitrogens with zero attached hydrogens (tertiary/aromatic N) is 1. The normalized spacial score (nSPS) is 12.4. The monoisotopic (exact) mass is 256 g/mol. The molecule has 19 heavy (non-hydrogen) atoms. The minimum Gasteiger partial charge on any atom is -0.389 e. The molecular formula is C17H22NO+. The summed E-state index contributed by atoms with van der Waals surface area (Å²) >= 11 is 0. The van der Waals surface area contributed by atoms with E-state index in [0.29, 0.717) is 0 Å². The van der Waals surface area contributed by atoms with Crippen LogP contribution in [-0.2, 0) is 6.42 Å². The van der Waals surface area contributed by atoms with Crippen LogP contribution in [-0.4, -0.2) is 11.7 Å². The van der Waals surface area contributed by atoms with E-state index in [0.717, 1.165) is 6.42 Å². The van der Waals surface area contributed by atoms with Crippen molar-refractivity contribution in [3.05, 3.63) is 65.0 Å². The number of aromatic nitrogens is 1. The lowest BCUT2D eigenvalue weighted by molar-refractivity contribution is -0.730. The molecule has 2 heteroatoms. The fourth-order valence-electron chi connectivity index (χ4n) is 2.44. The van der Waals surface area contributed by atoms with Crippen LogP contribution in [0.15, 0.2) is 42.6 Å². The summed E-state index contributed by atoms with van der Waals surface area (Å²) in [4.78, 5) is 0. The number of pyridine rings is 1. The van der Waals surface area contributed by atoms with Gasteiger partial charge >= 0.3 is 0 Å². The maximum absolute atomic E-state index is 9.70. The zero-order valence-corrected chi connectivity index (χ0v) is 11.9. The van der Waals surface area contributed by atoms with E-state index in [9.17, 15) is 5.11 Å². The fourth-order valence-corrected chi connectivity index (χ4v) is 2.44. The Bertz CT molecular complexity index is 549. The number of aliphatic hydroxyl groups excluding tert-OH is 1. The number of benzene rings is 1. The first kappa shape index (κ1) is 13.8. The first-order valence-electron chi connectivity index (χ1n) is 6.76. The second-order valence-electron chi connectivity index (χ2n) is 5.14. The Morgan fingerprint density at radius 1 is 1.05 bits per heavy atom. The molecule has 1 aromatic heterocycles. The van der Waals surface area contributed by atoms with Gasteiger partial charge in [0, 0.05) is 25.0 Å². The summed E-state index contributed by atoms with van der Waals surface area (Å²) in [5, 5.41) is 9.70. The molecule has 1 heterocycles. The van der Waals surface area contributed by atoms with Gasteiger partial charge in [-0.3, -0.25) is 0 Å². The van der Waals surface area contributed by atoms with Crippen LogP contribution in [0.1, 0.15) is 28.4 Å². The summed E-state index contributed by atoms with van der Waals surface area (Å²) in [6.07, 6.45) is 2.94. The van der Waals surface area contributed by atoms with Crippen molar-refractivity contribution in [2.24, 2.45) is 0 Å². The molecule has 0 saturated carbocycles. The summed E-state index contributed by atoms with van der Waals surface area (Å²) < 4.78 is 2.19. The molecule has 2 aromatic rings. The Labute approximate surface area is 115 Å². The Morgan fingerprint density at radius 2 is 1.74 bits per heavy atom. The summed E-state index contributed by atoms with van der Waals surface area (Å²) in [6.45, 7) is 6.54. The van der Waals surface area contributed by atoms with Gasteiger partial charge in [0.1, 0.15) is 6.61 Å². The molecule has 2 nitrogen and oxygen atoms in total.